The molecule has 37 heavy (non-hydrogen) atoms. The molecule has 0 N–H and O–H groups in total. The average molecular weight is 502 g/mol. The molecule has 194 valence electrons. The highest BCUT2D eigenvalue weighted by Gasteiger charge is 2.28. The summed E-state index contributed by atoms with van der Waals surface area (Å²) in [5.41, 5.74) is 4.79. The molecule has 1 fully saturated rings. The molecule has 2 aliphatic heterocycles. The summed E-state index contributed by atoms with van der Waals surface area (Å²) in [4.78, 5) is 30.2. The van der Waals surface area contributed by atoms with Gasteiger partial charge in [0.2, 0.25) is 5.95 Å². The van der Waals surface area contributed by atoms with Crippen LogP contribution in [0.1, 0.15) is 30.7 Å². The quantitative estimate of drug-likeness (QED) is 0.353. The van der Waals surface area contributed by atoms with Crippen LogP contribution in [0.2, 0.25) is 0 Å². The summed E-state index contributed by atoms with van der Waals surface area (Å²) in [7, 11) is 2.11. The number of nitrogens with zero attached hydrogens (tertiary/aromatic N) is 7. The van der Waals surface area contributed by atoms with Crippen molar-refractivity contribution in [2.75, 3.05) is 54.5 Å². The van der Waals surface area contributed by atoms with E-state index < -0.39 is 0 Å². The van der Waals surface area contributed by atoms with Gasteiger partial charge in [0.05, 0.1) is 10.6 Å². The normalized spacial score (nSPS) is 16.1. The molecule has 1 saturated heterocycles. The van der Waals surface area contributed by atoms with Crippen LogP contribution in [0.4, 0.5) is 23.1 Å². The summed E-state index contributed by atoms with van der Waals surface area (Å²) in [6.45, 7) is 10.5. The van der Waals surface area contributed by atoms with Crippen molar-refractivity contribution in [2.45, 2.75) is 39.4 Å². The Labute approximate surface area is 218 Å². The lowest BCUT2D eigenvalue weighted by molar-refractivity contribution is -0.384. The van der Waals surface area contributed by atoms with E-state index in [1.165, 1.54) is 11.3 Å². The number of fused-ring (bicyclic) bond motifs is 1. The van der Waals surface area contributed by atoms with Gasteiger partial charge in [-0.05, 0) is 31.5 Å². The molecule has 0 unspecified atom stereocenters. The zero-order valence-electron chi connectivity index (χ0n) is 21.9. The number of piperazine rings is 1. The van der Waals surface area contributed by atoms with Crippen LogP contribution < -0.4 is 14.7 Å². The van der Waals surface area contributed by atoms with Gasteiger partial charge in [-0.3, -0.25) is 15.0 Å². The third-order valence-electron chi connectivity index (χ3n) is 7.45. The van der Waals surface area contributed by atoms with Gasteiger partial charge >= 0.3 is 0 Å². The van der Waals surface area contributed by atoms with Crippen molar-refractivity contribution in [2.24, 2.45) is 0 Å². The van der Waals surface area contributed by atoms with E-state index in [2.05, 4.69) is 70.8 Å². The summed E-state index contributed by atoms with van der Waals surface area (Å²) < 4.78 is 0. The summed E-state index contributed by atoms with van der Waals surface area (Å²) >= 11 is 0. The number of anilines is 3. The van der Waals surface area contributed by atoms with Crippen molar-refractivity contribution in [1.82, 2.24) is 14.9 Å². The zero-order valence-corrected chi connectivity index (χ0v) is 21.9. The van der Waals surface area contributed by atoms with Crippen molar-refractivity contribution in [3.8, 4) is 0 Å². The van der Waals surface area contributed by atoms with E-state index in [1.54, 1.807) is 12.1 Å². The number of aromatic nitrogens is 2. The Balaban J connectivity index is 1.34. The Kier molecular flexibility index (Phi) is 7.23. The largest absolute Gasteiger partial charge is 0.368 e. The zero-order chi connectivity index (χ0) is 25.9. The van der Waals surface area contributed by atoms with Crippen molar-refractivity contribution >= 4 is 23.1 Å². The van der Waals surface area contributed by atoms with Crippen LogP contribution in [-0.4, -0.2) is 65.6 Å². The lowest BCUT2D eigenvalue weighted by Gasteiger charge is -2.38. The molecule has 0 amide bonds. The molecule has 5 rings (SSSR count). The summed E-state index contributed by atoms with van der Waals surface area (Å²) in [5.74, 6) is 1.84. The minimum atomic E-state index is -0.356. The van der Waals surface area contributed by atoms with Crippen LogP contribution in [-0.2, 0) is 19.5 Å². The minimum Gasteiger partial charge on any atom is -0.368 e. The van der Waals surface area contributed by atoms with Crippen molar-refractivity contribution < 1.29 is 4.92 Å². The number of nitro benzene ring substituents is 1. The molecule has 1 aromatic heterocycles. The average Bonchev–Trinajstić information content (AvgIpc) is 2.93. The Bertz CT molecular complexity index is 1230. The highest BCUT2D eigenvalue weighted by atomic mass is 16.6. The van der Waals surface area contributed by atoms with Gasteiger partial charge in [-0.25, -0.2) is 4.98 Å². The number of benzene rings is 2. The molecular formula is C28H35N7O2. The summed E-state index contributed by atoms with van der Waals surface area (Å²) in [6.07, 6.45) is 0.862. The molecule has 0 bridgehead atoms. The van der Waals surface area contributed by atoms with Gasteiger partial charge in [-0.15, -0.1) is 0 Å². The fourth-order valence-electron chi connectivity index (χ4n) is 5.04. The second-order valence-electron chi connectivity index (χ2n) is 10.2. The van der Waals surface area contributed by atoms with Gasteiger partial charge in [0.15, 0.2) is 0 Å². The SMILES string of the molecule is CC(C)N(C)c1nc(N2CCN(c3ccccc3)CC2)nc2c1CN(Cc1ccc([N+](=O)[O-])cc1)CC2. The van der Waals surface area contributed by atoms with Gasteiger partial charge in [-0.1, -0.05) is 30.3 Å². The maximum atomic E-state index is 11.0. The first kappa shape index (κ1) is 25.0. The molecule has 3 heterocycles. The van der Waals surface area contributed by atoms with E-state index >= 15 is 0 Å². The fourth-order valence-corrected chi connectivity index (χ4v) is 5.04. The molecule has 0 radical (unpaired) electrons. The second kappa shape index (κ2) is 10.7. The number of non-ortho nitro benzene ring substituents is 1. The van der Waals surface area contributed by atoms with E-state index in [9.17, 15) is 10.1 Å². The van der Waals surface area contributed by atoms with E-state index in [1.807, 2.05) is 12.1 Å². The standard InChI is InChI=1S/C28H35N7O2/c1-21(2)31(3)27-25-20-32(19-22-9-11-24(12-10-22)35(36)37)14-13-26(25)29-28(30-27)34-17-15-33(16-18-34)23-7-5-4-6-8-23/h4-12,21H,13-20H2,1-3H3. The predicted molar refractivity (Wildman–Crippen MR) is 147 cm³/mol. The highest BCUT2D eigenvalue weighted by molar-refractivity contribution is 5.55. The van der Waals surface area contributed by atoms with Crippen LogP contribution >= 0.6 is 0 Å². The van der Waals surface area contributed by atoms with E-state index in [0.717, 1.165) is 75.3 Å². The Morgan fingerprint density at radius 1 is 0.946 bits per heavy atom. The van der Waals surface area contributed by atoms with Crippen LogP contribution in [0.3, 0.4) is 0 Å². The monoisotopic (exact) mass is 501 g/mol. The first-order valence-corrected chi connectivity index (χ1v) is 13.0. The third-order valence-corrected chi connectivity index (χ3v) is 7.45. The topological polar surface area (TPSA) is 81.9 Å². The number of nitro groups is 1. The molecule has 3 aromatic rings. The lowest BCUT2D eigenvalue weighted by atomic mass is 10.0. The summed E-state index contributed by atoms with van der Waals surface area (Å²) in [5, 5.41) is 11.0. The molecule has 0 saturated carbocycles. The van der Waals surface area contributed by atoms with Crippen molar-refractivity contribution in [1.29, 1.82) is 0 Å². The highest BCUT2D eigenvalue weighted by Crippen LogP contribution is 2.31. The smallest absolute Gasteiger partial charge is 0.269 e. The minimum absolute atomic E-state index is 0.124. The molecule has 0 aliphatic carbocycles. The molecule has 9 nitrogen and oxygen atoms in total. The maximum Gasteiger partial charge on any atom is 0.269 e. The number of rotatable bonds is 7. The van der Waals surface area contributed by atoms with E-state index in [-0.39, 0.29) is 10.6 Å². The van der Waals surface area contributed by atoms with Gasteiger partial charge in [-0.2, -0.15) is 4.98 Å². The molecular weight excluding hydrogens is 466 g/mol. The lowest BCUT2D eigenvalue weighted by Crippen LogP contribution is -2.47. The van der Waals surface area contributed by atoms with Gasteiger partial charge < -0.3 is 14.7 Å². The second-order valence-corrected chi connectivity index (χ2v) is 10.2. The van der Waals surface area contributed by atoms with Gasteiger partial charge in [0.25, 0.3) is 5.69 Å². The fraction of sp³-hybridized carbons (Fsp3) is 0.429. The molecule has 2 aliphatic rings. The first-order valence-electron chi connectivity index (χ1n) is 13.0. The molecule has 2 aromatic carbocycles. The van der Waals surface area contributed by atoms with Crippen molar-refractivity contribution in [3.63, 3.8) is 0 Å². The van der Waals surface area contributed by atoms with Crippen LogP contribution in [0.5, 0.6) is 0 Å². The molecule has 0 spiro atoms. The first-order chi connectivity index (χ1) is 17.9. The molecule has 9 heteroatoms. The van der Waals surface area contributed by atoms with Crippen LogP contribution in [0.15, 0.2) is 54.6 Å². The van der Waals surface area contributed by atoms with E-state index in [4.69, 9.17) is 9.97 Å². The van der Waals surface area contributed by atoms with Crippen molar-refractivity contribution in [3.05, 3.63) is 81.5 Å². The Morgan fingerprint density at radius 3 is 2.27 bits per heavy atom. The third kappa shape index (κ3) is 5.51. The van der Waals surface area contributed by atoms with Crippen LogP contribution in [0, 0.1) is 10.1 Å². The number of hydrogen-bond donors (Lipinski definition) is 0. The number of hydrogen-bond acceptors (Lipinski definition) is 8. The maximum absolute atomic E-state index is 11.0. The predicted octanol–water partition coefficient (Wildman–Crippen LogP) is 4.11. The van der Waals surface area contributed by atoms with Gasteiger partial charge in [0, 0.05) is 88.7 Å². The van der Waals surface area contributed by atoms with E-state index in [0.29, 0.717) is 6.04 Å². The van der Waals surface area contributed by atoms with Gasteiger partial charge in [0.1, 0.15) is 5.82 Å². The van der Waals surface area contributed by atoms with Crippen LogP contribution in [0.25, 0.3) is 0 Å². The Morgan fingerprint density at radius 2 is 1.62 bits per heavy atom. The molecule has 0 atom stereocenters. The summed E-state index contributed by atoms with van der Waals surface area (Å²) in [6, 6.07) is 17.8. The number of para-hydroxylation sites is 1. The Hall–Kier alpha value is -3.72.